The van der Waals surface area contributed by atoms with E-state index in [1.807, 2.05) is 0 Å². The lowest BCUT2D eigenvalue weighted by Crippen LogP contribution is -2.58. The molecule has 0 aromatic heterocycles. The van der Waals surface area contributed by atoms with E-state index in [4.69, 9.17) is 27.4 Å². The maximum atomic E-state index is 12.6. The molecule has 11 N–H and O–H groups in total. The summed E-state index contributed by atoms with van der Waals surface area (Å²) in [7, 11) is 0. The van der Waals surface area contributed by atoms with Crippen LogP contribution in [0.1, 0.15) is 26.7 Å². The third kappa shape index (κ3) is 10.8. The number of carbonyl (C=O) groups excluding carboxylic acids is 3. The van der Waals surface area contributed by atoms with Gasteiger partial charge < -0.3 is 43.4 Å². The summed E-state index contributed by atoms with van der Waals surface area (Å²) < 4.78 is 0. The van der Waals surface area contributed by atoms with E-state index >= 15 is 0 Å². The van der Waals surface area contributed by atoms with Crippen molar-refractivity contribution >= 4 is 29.7 Å². The largest absolute Gasteiger partial charge is 0.480 e. The number of aliphatic imine (C=N–C) groups is 1. The lowest BCUT2D eigenvalue weighted by Gasteiger charge is -2.26. The molecule has 0 fully saturated rings. The summed E-state index contributed by atoms with van der Waals surface area (Å²) in [4.78, 5) is 51.3. The van der Waals surface area contributed by atoms with Crippen LogP contribution in [0.25, 0.3) is 0 Å². The molecule has 3 atom stereocenters. The SMILES string of the molecule is CC(C)C(NC(=O)C(N)CO)C(=O)NC(CCCN=C(N)N)C(=O)NCC(=O)O. The van der Waals surface area contributed by atoms with E-state index in [-0.39, 0.29) is 24.8 Å². The maximum Gasteiger partial charge on any atom is 0.322 e. The topological polar surface area (TPSA) is 235 Å². The molecule has 0 aliphatic rings. The number of carboxylic acid groups (broad SMARTS) is 1. The van der Waals surface area contributed by atoms with Gasteiger partial charge in [0.15, 0.2) is 5.96 Å². The molecule has 0 saturated heterocycles. The molecule has 0 aliphatic carbocycles. The molecule has 0 rings (SSSR count). The van der Waals surface area contributed by atoms with Crippen LogP contribution in [0.2, 0.25) is 0 Å². The zero-order chi connectivity index (χ0) is 22.6. The van der Waals surface area contributed by atoms with E-state index in [2.05, 4.69) is 20.9 Å². The summed E-state index contributed by atoms with van der Waals surface area (Å²) in [6, 6.07) is -3.29. The molecular formula is C16H31N7O6. The fraction of sp³-hybridized carbons (Fsp3) is 0.688. The fourth-order valence-corrected chi connectivity index (χ4v) is 2.20. The van der Waals surface area contributed by atoms with Crippen LogP contribution in [-0.2, 0) is 19.2 Å². The number of hydrogen-bond acceptors (Lipinski definition) is 7. The van der Waals surface area contributed by atoms with E-state index in [0.717, 1.165) is 0 Å². The van der Waals surface area contributed by atoms with Gasteiger partial charge in [0.2, 0.25) is 17.7 Å². The number of carbonyl (C=O) groups is 4. The van der Waals surface area contributed by atoms with Crippen LogP contribution in [0.15, 0.2) is 4.99 Å². The van der Waals surface area contributed by atoms with E-state index in [1.54, 1.807) is 13.8 Å². The van der Waals surface area contributed by atoms with Gasteiger partial charge in [-0.15, -0.1) is 0 Å². The molecule has 0 bridgehead atoms. The third-order valence-electron chi connectivity index (χ3n) is 3.77. The van der Waals surface area contributed by atoms with Crippen molar-refractivity contribution in [1.82, 2.24) is 16.0 Å². The average Bonchev–Trinajstić information content (AvgIpc) is 2.64. The Labute approximate surface area is 168 Å². The maximum absolute atomic E-state index is 12.6. The number of rotatable bonds is 13. The number of aliphatic carboxylic acids is 1. The molecular weight excluding hydrogens is 386 g/mol. The van der Waals surface area contributed by atoms with Crippen molar-refractivity contribution in [2.45, 2.75) is 44.8 Å². The molecule has 0 aliphatic heterocycles. The van der Waals surface area contributed by atoms with Crippen molar-refractivity contribution in [3.63, 3.8) is 0 Å². The Morgan fingerprint density at radius 3 is 2.14 bits per heavy atom. The molecule has 0 spiro atoms. The quantitative estimate of drug-likeness (QED) is 0.0831. The Bertz CT molecular complexity index is 607. The first kappa shape index (κ1) is 26.1. The Morgan fingerprint density at radius 2 is 1.66 bits per heavy atom. The minimum absolute atomic E-state index is 0.122. The number of hydrogen-bond donors (Lipinski definition) is 8. The average molecular weight is 417 g/mol. The molecule has 29 heavy (non-hydrogen) atoms. The first-order valence-corrected chi connectivity index (χ1v) is 9.01. The molecule has 13 heteroatoms. The molecule has 0 saturated carbocycles. The molecule has 3 amide bonds. The second kappa shape index (κ2) is 13.3. The first-order valence-electron chi connectivity index (χ1n) is 9.01. The van der Waals surface area contributed by atoms with Crippen molar-refractivity contribution < 1.29 is 29.4 Å². The molecule has 0 aromatic carbocycles. The smallest absolute Gasteiger partial charge is 0.322 e. The molecule has 166 valence electrons. The van der Waals surface area contributed by atoms with Gasteiger partial charge in [-0.05, 0) is 18.8 Å². The highest BCUT2D eigenvalue weighted by Crippen LogP contribution is 2.05. The summed E-state index contributed by atoms with van der Waals surface area (Å²) in [5, 5.41) is 24.8. The van der Waals surface area contributed by atoms with Crippen LogP contribution in [0.4, 0.5) is 0 Å². The summed E-state index contributed by atoms with van der Waals surface area (Å²) in [6.07, 6.45) is 0.459. The predicted molar refractivity (Wildman–Crippen MR) is 104 cm³/mol. The zero-order valence-corrected chi connectivity index (χ0v) is 16.6. The number of guanidine groups is 1. The van der Waals surface area contributed by atoms with E-state index in [1.165, 1.54) is 0 Å². The summed E-state index contributed by atoms with van der Waals surface area (Å²) in [5.41, 5.74) is 15.9. The lowest BCUT2D eigenvalue weighted by atomic mass is 10.0. The Hall–Kier alpha value is -2.93. The Kier molecular flexibility index (Phi) is 11.9. The standard InChI is InChI=1S/C16H31N7O6/c1-8(2)12(23-13(27)9(17)7-24)15(29)22-10(4-3-5-20-16(18)19)14(28)21-6-11(25)26/h8-10,12,24H,3-7,17H2,1-2H3,(H,21,28)(H,22,29)(H,23,27)(H,25,26)(H4,18,19,20). The van der Waals surface area contributed by atoms with Gasteiger partial charge in [-0.3, -0.25) is 24.2 Å². The van der Waals surface area contributed by atoms with Gasteiger partial charge in [0.25, 0.3) is 0 Å². The third-order valence-corrected chi connectivity index (χ3v) is 3.77. The molecule has 0 heterocycles. The van der Waals surface area contributed by atoms with Crippen LogP contribution >= 0.6 is 0 Å². The van der Waals surface area contributed by atoms with Crippen LogP contribution in [0, 0.1) is 5.92 Å². The van der Waals surface area contributed by atoms with Crippen molar-refractivity contribution in [3.05, 3.63) is 0 Å². The van der Waals surface area contributed by atoms with Crippen molar-refractivity contribution in [2.75, 3.05) is 19.7 Å². The molecule has 0 radical (unpaired) electrons. The normalized spacial score (nSPS) is 13.7. The second-order valence-electron chi connectivity index (χ2n) is 6.64. The predicted octanol–water partition coefficient (Wildman–Crippen LogP) is -3.81. The van der Waals surface area contributed by atoms with Crippen molar-refractivity contribution in [3.8, 4) is 0 Å². The number of carboxylic acids is 1. The van der Waals surface area contributed by atoms with Crippen LogP contribution in [0.3, 0.4) is 0 Å². The first-order chi connectivity index (χ1) is 13.5. The van der Waals surface area contributed by atoms with Gasteiger partial charge >= 0.3 is 5.97 Å². The number of nitrogens with zero attached hydrogens (tertiary/aromatic N) is 1. The highest BCUT2D eigenvalue weighted by Gasteiger charge is 2.29. The summed E-state index contributed by atoms with van der Waals surface area (Å²) in [6.45, 7) is 2.34. The van der Waals surface area contributed by atoms with Gasteiger partial charge in [-0.2, -0.15) is 0 Å². The number of aliphatic hydroxyl groups is 1. The van der Waals surface area contributed by atoms with Crippen LogP contribution in [0.5, 0.6) is 0 Å². The summed E-state index contributed by atoms with van der Waals surface area (Å²) in [5.74, 6) is -3.80. The van der Waals surface area contributed by atoms with Gasteiger partial charge in [0, 0.05) is 6.54 Å². The molecule has 3 unspecified atom stereocenters. The number of nitrogens with one attached hydrogen (secondary N) is 3. The van der Waals surface area contributed by atoms with Crippen LogP contribution in [-0.4, -0.2) is 77.7 Å². The second-order valence-corrected chi connectivity index (χ2v) is 6.64. The minimum Gasteiger partial charge on any atom is -0.480 e. The van der Waals surface area contributed by atoms with Gasteiger partial charge in [0.05, 0.1) is 6.61 Å². The fourth-order valence-electron chi connectivity index (χ4n) is 2.20. The molecule has 13 nitrogen and oxygen atoms in total. The number of nitrogens with two attached hydrogens (primary N) is 3. The van der Waals surface area contributed by atoms with E-state index in [9.17, 15) is 19.2 Å². The summed E-state index contributed by atoms with van der Waals surface area (Å²) >= 11 is 0. The highest BCUT2D eigenvalue weighted by molar-refractivity contribution is 5.93. The molecule has 0 aromatic rings. The number of aliphatic hydroxyl groups excluding tert-OH is 1. The Morgan fingerprint density at radius 1 is 1.03 bits per heavy atom. The minimum atomic E-state index is -1.24. The van der Waals surface area contributed by atoms with Gasteiger partial charge in [0.1, 0.15) is 24.7 Å². The monoisotopic (exact) mass is 417 g/mol. The van der Waals surface area contributed by atoms with Gasteiger partial charge in [-0.25, -0.2) is 0 Å². The highest BCUT2D eigenvalue weighted by atomic mass is 16.4. The Balaban J connectivity index is 5.18. The van der Waals surface area contributed by atoms with Gasteiger partial charge in [-0.1, -0.05) is 13.8 Å². The zero-order valence-electron chi connectivity index (χ0n) is 16.6. The number of amides is 3. The lowest BCUT2D eigenvalue weighted by molar-refractivity contribution is -0.138. The van der Waals surface area contributed by atoms with Crippen LogP contribution < -0.4 is 33.2 Å². The van der Waals surface area contributed by atoms with E-state index in [0.29, 0.717) is 6.42 Å². The van der Waals surface area contributed by atoms with Crippen molar-refractivity contribution in [1.29, 1.82) is 0 Å². The van der Waals surface area contributed by atoms with E-state index < -0.39 is 55.0 Å². The van der Waals surface area contributed by atoms with Crippen molar-refractivity contribution in [2.24, 2.45) is 28.1 Å².